The lowest BCUT2D eigenvalue weighted by atomic mass is 10.2. The predicted molar refractivity (Wildman–Crippen MR) is 75.5 cm³/mol. The molecule has 1 heterocycles. The van der Waals surface area contributed by atoms with Gasteiger partial charge < -0.3 is 15.2 Å². The number of halogens is 1. The van der Waals surface area contributed by atoms with Gasteiger partial charge in [-0.25, -0.2) is 9.18 Å². The third-order valence-corrected chi connectivity index (χ3v) is 2.80. The molecule has 0 radical (unpaired) electrons. The van der Waals surface area contributed by atoms with E-state index in [2.05, 4.69) is 4.98 Å². The molecule has 1 aromatic carbocycles. The van der Waals surface area contributed by atoms with Crippen LogP contribution in [-0.4, -0.2) is 18.1 Å². The lowest BCUT2D eigenvalue weighted by Gasteiger charge is -2.08. The van der Waals surface area contributed by atoms with E-state index < -0.39 is 11.8 Å². The van der Waals surface area contributed by atoms with Crippen LogP contribution in [0.2, 0.25) is 0 Å². The van der Waals surface area contributed by atoms with Gasteiger partial charge in [-0.15, -0.1) is 0 Å². The van der Waals surface area contributed by atoms with E-state index in [1.54, 1.807) is 19.1 Å². The Balaban J connectivity index is 2.11. The molecular weight excluding hydrogens is 275 g/mol. The van der Waals surface area contributed by atoms with Crippen molar-refractivity contribution in [3.63, 3.8) is 0 Å². The van der Waals surface area contributed by atoms with Crippen molar-refractivity contribution in [2.75, 3.05) is 12.8 Å². The second kappa shape index (κ2) is 6.21. The fourth-order valence-corrected chi connectivity index (χ4v) is 1.82. The number of hydrogen-bond acceptors (Lipinski definition) is 5. The summed E-state index contributed by atoms with van der Waals surface area (Å²) in [5.74, 6) is -0.625. The number of ether oxygens (including phenoxy) is 2. The van der Waals surface area contributed by atoms with E-state index in [4.69, 9.17) is 15.2 Å². The molecule has 6 heteroatoms. The van der Waals surface area contributed by atoms with Gasteiger partial charge in [-0.2, -0.15) is 0 Å². The number of hydrogen-bond donors (Lipinski definition) is 1. The number of nitrogens with zero attached hydrogens (tertiary/aromatic N) is 1. The van der Waals surface area contributed by atoms with Crippen molar-refractivity contribution in [3.8, 4) is 5.75 Å². The molecule has 2 aromatic rings. The van der Waals surface area contributed by atoms with Gasteiger partial charge in [0.1, 0.15) is 18.2 Å². The van der Waals surface area contributed by atoms with E-state index in [-0.39, 0.29) is 17.9 Å². The zero-order valence-corrected chi connectivity index (χ0v) is 11.7. The first-order valence-corrected chi connectivity index (χ1v) is 6.23. The first-order chi connectivity index (χ1) is 9.99. The SMILES string of the molecule is COc1cc(C)nc(COC(=O)c2cc(F)ccc2N)c1. The van der Waals surface area contributed by atoms with Gasteiger partial charge in [-0.05, 0) is 25.1 Å². The van der Waals surface area contributed by atoms with Crippen molar-refractivity contribution in [1.29, 1.82) is 0 Å². The molecule has 0 aliphatic rings. The largest absolute Gasteiger partial charge is 0.497 e. The van der Waals surface area contributed by atoms with Crippen LogP contribution >= 0.6 is 0 Å². The number of methoxy groups -OCH3 is 1. The molecule has 1 aromatic heterocycles. The van der Waals surface area contributed by atoms with Crippen LogP contribution in [0.15, 0.2) is 30.3 Å². The molecular formula is C15H15FN2O3. The number of esters is 1. The van der Waals surface area contributed by atoms with Crippen LogP contribution in [0.5, 0.6) is 5.75 Å². The fraction of sp³-hybridized carbons (Fsp3) is 0.200. The second-order valence-electron chi connectivity index (χ2n) is 4.45. The van der Waals surface area contributed by atoms with E-state index in [9.17, 15) is 9.18 Å². The van der Waals surface area contributed by atoms with Gasteiger partial charge in [-0.3, -0.25) is 4.98 Å². The Morgan fingerprint density at radius 3 is 2.81 bits per heavy atom. The Morgan fingerprint density at radius 1 is 1.33 bits per heavy atom. The maximum atomic E-state index is 13.1. The number of aryl methyl sites for hydroxylation is 1. The van der Waals surface area contributed by atoms with E-state index in [1.165, 1.54) is 19.2 Å². The molecule has 0 aliphatic heterocycles. The molecule has 0 fully saturated rings. The highest BCUT2D eigenvalue weighted by molar-refractivity contribution is 5.95. The highest BCUT2D eigenvalue weighted by atomic mass is 19.1. The minimum atomic E-state index is -0.700. The monoisotopic (exact) mass is 290 g/mol. The minimum absolute atomic E-state index is 0.00498. The van der Waals surface area contributed by atoms with Gasteiger partial charge >= 0.3 is 5.97 Å². The average molecular weight is 290 g/mol. The number of nitrogen functional groups attached to an aromatic ring is 1. The first-order valence-electron chi connectivity index (χ1n) is 6.23. The molecule has 0 unspecified atom stereocenters. The third-order valence-electron chi connectivity index (χ3n) is 2.80. The molecule has 2 rings (SSSR count). The van der Waals surface area contributed by atoms with E-state index >= 15 is 0 Å². The number of benzene rings is 1. The Bertz CT molecular complexity index is 674. The normalized spacial score (nSPS) is 10.2. The minimum Gasteiger partial charge on any atom is -0.497 e. The number of pyridine rings is 1. The number of nitrogens with two attached hydrogens (primary N) is 1. The molecule has 0 atom stereocenters. The van der Waals surface area contributed by atoms with Gasteiger partial charge in [0.15, 0.2) is 0 Å². The Morgan fingerprint density at radius 2 is 2.10 bits per heavy atom. The summed E-state index contributed by atoms with van der Waals surface area (Å²) in [4.78, 5) is 16.1. The summed E-state index contributed by atoms with van der Waals surface area (Å²) in [5, 5.41) is 0. The van der Waals surface area contributed by atoms with Gasteiger partial charge in [0.25, 0.3) is 0 Å². The van der Waals surface area contributed by atoms with E-state index in [1.807, 2.05) is 0 Å². The number of carbonyl (C=O) groups is 1. The van der Waals surface area contributed by atoms with Crippen molar-refractivity contribution < 1.29 is 18.7 Å². The number of carbonyl (C=O) groups excluding carboxylic acids is 1. The molecule has 0 saturated heterocycles. The van der Waals surface area contributed by atoms with Crippen molar-refractivity contribution in [2.24, 2.45) is 0 Å². The lowest BCUT2D eigenvalue weighted by Crippen LogP contribution is -2.09. The summed E-state index contributed by atoms with van der Waals surface area (Å²) in [6.07, 6.45) is 0. The second-order valence-corrected chi connectivity index (χ2v) is 4.45. The molecule has 0 amide bonds. The maximum Gasteiger partial charge on any atom is 0.340 e. The quantitative estimate of drug-likeness (QED) is 0.691. The average Bonchev–Trinajstić information content (AvgIpc) is 2.46. The summed E-state index contributed by atoms with van der Waals surface area (Å²) < 4.78 is 23.3. The Labute approximate surface area is 121 Å². The van der Waals surface area contributed by atoms with E-state index in [0.717, 1.165) is 11.8 Å². The van der Waals surface area contributed by atoms with Crippen LogP contribution in [0.3, 0.4) is 0 Å². The zero-order valence-electron chi connectivity index (χ0n) is 11.7. The summed E-state index contributed by atoms with van der Waals surface area (Å²) in [6, 6.07) is 6.96. The highest BCUT2D eigenvalue weighted by Gasteiger charge is 2.13. The Hall–Kier alpha value is -2.63. The van der Waals surface area contributed by atoms with Gasteiger partial charge in [0, 0.05) is 23.5 Å². The smallest absolute Gasteiger partial charge is 0.340 e. The van der Waals surface area contributed by atoms with Crippen LogP contribution in [-0.2, 0) is 11.3 Å². The molecule has 2 N–H and O–H groups in total. The maximum absolute atomic E-state index is 13.1. The number of aromatic nitrogens is 1. The van der Waals surface area contributed by atoms with Crippen molar-refractivity contribution >= 4 is 11.7 Å². The molecule has 110 valence electrons. The van der Waals surface area contributed by atoms with Crippen LogP contribution in [0, 0.1) is 12.7 Å². The van der Waals surface area contributed by atoms with Crippen molar-refractivity contribution in [1.82, 2.24) is 4.98 Å². The highest BCUT2D eigenvalue weighted by Crippen LogP contribution is 2.17. The molecule has 21 heavy (non-hydrogen) atoms. The topological polar surface area (TPSA) is 74.4 Å². The van der Waals surface area contributed by atoms with Gasteiger partial charge in [-0.1, -0.05) is 0 Å². The van der Waals surface area contributed by atoms with E-state index in [0.29, 0.717) is 11.4 Å². The molecule has 0 aliphatic carbocycles. The van der Waals surface area contributed by atoms with Crippen molar-refractivity contribution in [2.45, 2.75) is 13.5 Å². The molecule has 0 spiro atoms. The van der Waals surface area contributed by atoms with Crippen molar-refractivity contribution in [3.05, 3.63) is 53.1 Å². The summed E-state index contributed by atoms with van der Waals surface area (Å²) in [7, 11) is 1.54. The summed E-state index contributed by atoms with van der Waals surface area (Å²) in [5.41, 5.74) is 7.06. The molecule has 0 bridgehead atoms. The molecule has 5 nitrogen and oxygen atoms in total. The zero-order chi connectivity index (χ0) is 15.4. The number of rotatable bonds is 4. The lowest BCUT2D eigenvalue weighted by molar-refractivity contribution is 0.0468. The van der Waals surface area contributed by atoms with Crippen LogP contribution in [0.25, 0.3) is 0 Å². The van der Waals surface area contributed by atoms with Crippen LogP contribution < -0.4 is 10.5 Å². The van der Waals surface area contributed by atoms with Gasteiger partial charge in [0.2, 0.25) is 0 Å². The first kappa shape index (κ1) is 14.8. The van der Waals surface area contributed by atoms with Gasteiger partial charge in [0.05, 0.1) is 18.4 Å². The van der Waals surface area contributed by atoms with Crippen LogP contribution in [0.1, 0.15) is 21.7 Å². The standard InChI is InChI=1S/C15H15FN2O3/c1-9-5-12(20-2)7-11(18-9)8-21-15(19)13-6-10(16)3-4-14(13)17/h3-7H,8,17H2,1-2H3. The third kappa shape index (κ3) is 3.68. The number of anilines is 1. The predicted octanol–water partition coefficient (Wildman–Crippen LogP) is 2.48. The Kier molecular flexibility index (Phi) is 4.37. The molecule has 0 saturated carbocycles. The summed E-state index contributed by atoms with van der Waals surface area (Å²) >= 11 is 0. The van der Waals surface area contributed by atoms with Crippen LogP contribution in [0.4, 0.5) is 10.1 Å². The fourth-order valence-electron chi connectivity index (χ4n) is 1.82. The summed E-state index contributed by atoms with van der Waals surface area (Å²) in [6.45, 7) is 1.76.